The number of halogens is 1. The molecular weight excluding hydrogens is 198 g/mol. The zero-order valence-electron chi connectivity index (χ0n) is 7.18. The summed E-state index contributed by atoms with van der Waals surface area (Å²) in [6, 6.07) is 7.56. The molecule has 0 radical (unpaired) electrons. The Morgan fingerprint density at radius 3 is 3.07 bits per heavy atom. The van der Waals surface area contributed by atoms with Crippen molar-refractivity contribution < 1.29 is 0 Å². The molecule has 3 nitrogen and oxygen atoms in total. The molecule has 4 heteroatoms. The van der Waals surface area contributed by atoms with Crippen LogP contribution in [0.3, 0.4) is 0 Å². The Morgan fingerprint density at radius 1 is 1.21 bits per heavy atom. The molecule has 0 aliphatic rings. The molecule has 0 N–H and O–H groups in total. The van der Waals surface area contributed by atoms with Gasteiger partial charge in [-0.25, -0.2) is 4.98 Å². The first-order chi connectivity index (χ1) is 6.86. The summed E-state index contributed by atoms with van der Waals surface area (Å²) in [4.78, 5) is 8.41. The van der Waals surface area contributed by atoms with Gasteiger partial charge in [0.15, 0.2) is 0 Å². The molecule has 0 bridgehead atoms. The van der Waals surface area contributed by atoms with Gasteiger partial charge in [-0.15, -0.1) is 0 Å². The highest BCUT2D eigenvalue weighted by molar-refractivity contribution is 6.30. The molecule has 0 saturated carbocycles. The van der Waals surface area contributed by atoms with Crippen molar-refractivity contribution in [2.75, 3.05) is 0 Å². The van der Waals surface area contributed by atoms with E-state index >= 15 is 0 Å². The van der Waals surface area contributed by atoms with Crippen molar-refractivity contribution in [1.82, 2.24) is 14.4 Å². The van der Waals surface area contributed by atoms with E-state index in [1.807, 2.05) is 28.7 Å². The fourth-order valence-electron chi connectivity index (χ4n) is 1.58. The number of hydrogen-bond donors (Lipinski definition) is 0. The molecule has 0 unspecified atom stereocenters. The van der Waals surface area contributed by atoms with Crippen LogP contribution < -0.4 is 0 Å². The maximum atomic E-state index is 6.08. The Hall–Kier alpha value is -1.61. The first kappa shape index (κ1) is 7.76. The van der Waals surface area contributed by atoms with E-state index in [1.54, 1.807) is 12.4 Å². The lowest BCUT2D eigenvalue weighted by molar-refractivity contribution is 1.22. The van der Waals surface area contributed by atoms with Crippen molar-refractivity contribution >= 4 is 28.3 Å². The maximum Gasteiger partial charge on any atom is 0.139 e. The van der Waals surface area contributed by atoms with Gasteiger partial charge >= 0.3 is 0 Å². The molecule has 14 heavy (non-hydrogen) atoms. The second-order valence-corrected chi connectivity index (χ2v) is 3.41. The van der Waals surface area contributed by atoms with E-state index in [-0.39, 0.29) is 0 Å². The monoisotopic (exact) mass is 203 g/mol. The minimum atomic E-state index is 0.663. The minimum absolute atomic E-state index is 0.663. The molecule has 68 valence electrons. The van der Waals surface area contributed by atoms with E-state index < -0.39 is 0 Å². The predicted octanol–water partition coefficient (Wildman–Crippen LogP) is 2.54. The standard InChI is InChI=1S/C10H6ClN3/c11-9-2-1-3-10-13-7-6-12-5-4-8(7)14(9)10/h1-6H. The number of nitrogens with zero attached hydrogens (tertiary/aromatic N) is 3. The molecule has 0 fully saturated rings. The van der Waals surface area contributed by atoms with E-state index in [4.69, 9.17) is 11.6 Å². The van der Waals surface area contributed by atoms with E-state index in [9.17, 15) is 0 Å². The van der Waals surface area contributed by atoms with Crippen molar-refractivity contribution in [2.24, 2.45) is 0 Å². The topological polar surface area (TPSA) is 30.2 Å². The minimum Gasteiger partial charge on any atom is -0.283 e. The Kier molecular flexibility index (Phi) is 1.49. The molecule has 3 aromatic heterocycles. The summed E-state index contributed by atoms with van der Waals surface area (Å²) in [5, 5.41) is 0.663. The normalized spacial score (nSPS) is 11.2. The second-order valence-electron chi connectivity index (χ2n) is 3.02. The molecule has 3 aromatic rings. The third-order valence-electron chi connectivity index (χ3n) is 2.18. The Labute approximate surface area is 85.0 Å². The maximum absolute atomic E-state index is 6.08. The highest BCUT2D eigenvalue weighted by atomic mass is 35.5. The van der Waals surface area contributed by atoms with Gasteiger partial charge in [-0.3, -0.25) is 9.38 Å². The van der Waals surface area contributed by atoms with Gasteiger partial charge in [-0.1, -0.05) is 17.7 Å². The van der Waals surface area contributed by atoms with Gasteiger partial charge < -0.3 is 0 Å². The van der Waals surface area contributed by atoms with Crippen LogP contribution in [0.15, 0.2) is 36.7 Å². The van der Waals surface area contributed by atoms with Crippen molar-refractivity contribution in [2.45, 2.75) is 0 Å². The van der Waals surface area contributed by atoms with Crippen molar-refractivity contribution in [1.29, 1.82) is 0 Å². The van der Waals surface area contributed by atoms with Gasteiger partial charge in [-0.05, 0) is 18.2 Å². The van der Waals surface area contributed by atoms with Gasteiger partial charge in [0.25, 0.3) is 0 Å². The molecule has 0 spiro atoms. The van der Waals surface area contributed by atoms with Crippen LogP contribution in [0.2, 0.25) is 5.15 Å². The number of imidazole rings is 1. The largest absolute Gasteiger partial charge is 0.283 e. The van der Waals surface area contributed by atoms with E-state index in [1.165, 1.54) is 0 Å². The molecule has 0 saturated heterocycles. The molecule has 3 heterocycles. The molecular formula is C10H6ClN3. The molecule has 0 aliphatic heterocycles. The smallest absolute Gasteiger partial charge is 0.139 e. The third-order valence-corrected chi connectivity index (χ3v) is 2.47. The van der Waals surface area contributed by atoms with Crippen LogP contribution in [-0.4, -0.2) is 14.4 Å². The van der Waals surface area contributed by atoms with E-state index in [2.05, 4.69) is 9.97 Å². The molecule has 0 atom stereocenters. The summed E-state index contributed by atoms with van der Waals surface area (Å²) >= 11 is 6.08. The van der Waals surface area contributed by atoms with Crippen LogP contribution in [0, 0.1) is 0 Å². The zero-order valence-corrected chi connectivity index (χ0v) is 7.94. The van der Waals surface area contributed by atoms with E-state index in [0.29, 0.717) is 5.15 Å². The lowest BCUT2D eigenvalue weighted by Gasteiger charge is -1.96. The lowest BCUT2D eigenvalue weighted by atomic mass is 10.4. The van der Waals surface area contributed by atoms with Gasteiger partial charge in [0.05, 0.1) is 11.7 Å². The van der Waals surface area contributed by atoms with Crippen LogP contribution in [0.25, 0.3) is 16.7 Å². The number of rotatable bonds is 0. The summed E-state index contributed by atoms with van der Waals surface area (Å²) in [6.45, 7) is 0. The highest BCUT2D eigenvalue weighted by Crippen LogP contribution is 2.19. The van der Waals surface area contributed by atoms with Gasteiger partial charge in [0.1, 0.15) is 16.3 Å². The number of hydrogen-bond acceptors (Lipinski definition) is 2. The Balaban J connectivity index is 2.65. The number of aromatic nitrogens is 3. The average molecular weight is 204 g/mol. The summed E-state index contributed by atoms with van der Waals surface area (Å²) in [6.07, 6.45) is 3.47. The SMILES string of the molecule is Clc1cccc2nc3cnccc3n12. The number of pyridine rings is 2. The third kappa shape index (κ3) is 0.930. The van der Waals surface area contributed by atoms with Crippen LogP contribution in [0.4, 0.5) is 0 Å². The van der Waals surface area contributed by atoms with Crippen molar-refractivity contribution in [3.8, 4) is 0 Å². The van der Waals surface area contributed by atoms with Crippen molar-refractivity contribution in [3.05, 3.63) is 41.8 Å². The van der Waals surface area contributed by atoms with Gasteiger partial charge in [-0.2, -0.15) is 0 Å². The van der Waals surface area contributed by atoms with Crippen LogP contribution >= 0.6 is 11.6 Å². The molecule has 0 amide bonds. The van der Waals surface area contributed by atoms with Crippen LogP contribution in [0.1, 0.15) is 0 Å². The fraction of sp³-hybridized carbons (Fsp3) is 0. The zero-order chi connectivity index (χ0) is 9.54. The second kappa shape index (κ2) is 2.69. The molecule has 3 rings (SSSR count). The van der Waals surface area contributed by atoms with Crippen molar-refractivity contribution in [3.63, 3.8) is 0 Å². The lowest BCUT2D eigenvalue weighted by Crippen LogP contribution is -1.85. The number of fused-ring (bicyclic) bond motifs is 3. The predicted molar refractivity (Wildman–Crippen MR) is 55.5 cm³/mol. The first-order valence-electron chi connectivity index (χ1n) is 4.23. The molecule has 0 aliphatic carbocycles. The Bertz CT molecular complexity index is 615. The highest BCUT2D eigenvalue weighted by Gasteiger charge is 2.05. The van der Waals surface area contributed by atoms with E-state index in [0.717, 1.165) is 16.7 Å². The summed E-state index contributed by atoms with van der Waals surface area (Å²) in [7, 11) is 0. The van der Waals surface area contributed by atoms with Gasteiger partial charge in [0.2, 0.25) is 0 Å². The fourth-order valence-corrected chi connectivity index (χ4v) is 1.83. The van der Waals surface area contributed by atoms with Gasteiger partial charge in [0, 0.05) is 6.20 Å². The summed E-state index contributed by atoms with van der Waals surface area (Å²) < 4.78 is 1.90. The quantitative estimate of drug-likeness (QED) is 0.526. The molecule has 0 aromatic carbocycles. The van der Waals surface area contributed by atoms with Crippen LogP contribution in [-0.2, 0) is 0 Å². The van der Waals surface area contributed by atoms with Crippen LogP contribution in [0.5, 0.6) is 0 Å². The summed E-state index contributed by atoms with van der Waals surface area (Å²) in [5.74, 6) is 0. The summed E-state index contributed by atoms with van der Waals surface area (Å²) in [5.41, 5.74) is 2.70. The first-order valence-corrected chi connectivity index (χ1v) is 4.61. The Morgan fingerprint density at radius 2 is 2.14 bits per heavy atom. The average Bonchev–Trinajstić information content (AvgIpc) is 2.57.